The molecular weight excluding hydrogens is 561 g/mol. The molecule has 0 aromatic carbocycles. The zero-order chi connectivity index (χ0) is 29.4. The van der Waals surface area contributed by atoms with Crippen molar-refractivity contribution in [3.8, 4) is 5.13 Å². The summed E-state index contributed by atoms with van der Waals surface area (Å²) in [6, 6.07) is 1.60. The molecule has 0 aliphatic heterocycles. The fourth-order valence-electron chi connectivity index (χ4n) is 5.34. The standard InChI is InChI=1S/C27H32FN11O2S/c1-5-38-24-19(12-31-38)23(33-21-10-15(2)36-37-21)34-22(35-24)17-6-8-27(41-4,9-7-17)25(40)32-16(3)20-13-29-26(42-20)39-14-18(28)11-30-39/h10-14,16-17H,5-9H2,1-4H3,(H,32,40)(H2,33,34,35,36,37)/t16-,17-,27-/m0/s1. The number of thiazole rings is 1. The van der Waals surface area contributed by atoms with Crippen LogP contribution in [0, 0.1) is 12.7 Å². The first-order chi connectivity index (χ1) is 20.3. The van der Waals surface area contributed by atoms with E-state index >= 15 is 0 Å². The highest BCUT2D eigenvalue weighted by Crippen LogP contribution is 2.40. The smallest absolute Gasteiger partial charge is 0.252 e. The van der Waals surface area contributed by atoms with Crippen molar-refractivity contribution < 1.29 is 13.9 Å². The molecule has 15 heteroatoms. The van der Waals surface area contributed by atoms with Gasteiger partial charge in [0.25, 0.3) is 5.91 Å². The van der Waals surface area contributed by atoms with Gasteiger partial charge in [-0.15, -0.1) is 0 Å². The fourth-order valence-corrected chi connectivity index (χ4v) is 6.19. The van der Waals surface area contributed by atoms with Gasteiger partial charge < -0.3 is 15.4 Å². The summed E-state index contributed by atoms with van der Waals surface area (Å²) in [5, 5.41) is 23.4. The van der Waals surface area contributed by atoms with Gasteiger partial charge in [0, 0.05) is 42.4 Å². The maximum Gasteiger partial charge on any atom is 0.252 e. The number of amides is 1. The van der Waals surface area contributed by atoms with Crippen LogP contribution in [0.4, 0.5) is 16.0 Å². The molecule has 0 unspecified atom stereocenters. The van der Waals surface area contributed by atoms with E-state index in [0.717, 1.165) is 27.8 Å². The zero-order valence-corrected chi connectivity index (χ0v) is 24.6. The normalized spacial score (nSPS) is 19.7. The van der Waals surface area contributed by atoms with Crippen LogP contribution >= 0.6 is 11.3 Å². The molecule has 0 bridgehead atoms. The first-order valence-corrected chi connectivity index (χ1v) is 14.6. The molecule has 1 atom stereocenters. The monoisotopic (exact) mass is 593 g/mol. The number of rotatable bonds is 9. The van der Waals surface area contributed by atoms with E-state index in [9.17, 15) is 9.18 Å². The van der Waals surface area contributed by atoms with E-state index in [0.29, 0.717) is 54.8 Å². The summed E-state index contributed by atoms with van der Waals surface area (Å²) in [7, 11) is 1.58. The Hall–Kier alpha value is -4.24. The second kappa shape index (κ2) is 11.2. The minimum absolute atomic E-state index is 0.0445. The number of carbonyl (C=O) groups is 1. The molecule has 3 N–H and O–H groups in total. The number of hydrogen-bond donors (Lipinski definition) is 3. The number of fused-ring (bicyclic) bond motifs is 1. The molecule has 5 aromatic rings. The van der Waals surface area contributed by atoms with Crippen LogP contribution in [0.15, 0.2) is 30.9 Å². The summed E-state index contributed by atoms with van der Waals surface area (Å²) in [5.74, 6) is 1.46. The lowest BCUT2D eigenvalue weighted by Crippen LogP contribution is -2.50. The molecule has 6 rings (SSSR count). The number of carbonyl (C=O) groups excluding carboxylic acids is 1. The number of aromatic amines is 1. The Morgan fingerprint density at radius 2 is 2.07 bits per heavy atom. The van der Waals surface area contributed by atoms with Gasteiger partial charge in [-0.2, -0.15) is 15.3 Å². The molecule has 0 radical (unpaired) electrons. The number of ether oxygens (including phenoxy) is 1. The lowest BCUT2D eigenvalue weighted by molar-refractivity contribution is -0.148. The number of nitrogens with zero attached hydrogens (tertiary/aromatic N) is 8. The molecule has 0 spiro atoms. The van der Waals surface area contributed by atoms with Crippen molar-refractivity contribution in [1.29, 1.82) is 0 Å². The summed E-state index contributed by atoms with van der Waals surface area (Å²) in [4.78, 5) is 28.5. The molecular formula is C27H32FN11O2S. The van der Waals surface area contributed by atoms with E-state index in [2.05, 4.69) is 36.0 Å². The van der Waals surface area contributed by atoms with Gasteiger partial charge in [-0.3, -0.25) is 9.89 Å². The van der Waals surface area contributed by atoms with Crippen LogP contribution in [0.3, 0.4) is 0 Å². The number of hydrogen-bond acceptors (Lipinski definition) is 10. The summed E-state index contributed by atoms with van der Waals surface area (Å²) in [6.07, 6.45) is 8.22. The van der Waals surface area contributed by atoms with Gasteiger partial charge >= 0.3 is 0 Å². The Balaban J connectivity index is 1.17. The zero-order valence-electron chi connectivity index (χ0n) is 23.8. The molecule has 13 nitrogen and oxygen atoms in total. The van der Waals surface area contributed by atoms with Crippen LogP contribution in [0.25, 0.3) is 16.2 Å². The van der Waals surface area contributed by atoms with E-state index in [1.807, 2.05) is 31.5 Å². The van der Waals surface area contributed by atoms with E-state index in [1.54, 1.807) is 19.5 Å². The predicted molar refractivity (Wildman–Crippen MR) is 154 cm³/mol. The molecule has 5 aromatic heterocycles. The first-order valence-electron chi connectivity index (χ1n) is 13.8. The van der Waals surface area contributed by atoms with Crippen molar-refractivity contribution >= 4 is 39.9 Å². The summed E-state index contributed by atoms with van der Waals surface area (Å²) >= 11 is 1.34. The SMILES string of the molecule is CCn1ncc2c(Nc3cc(C)[nH]n3)nc([C@H]3CC[C@@](OC)(C(=O)N[C@@H](C)c4cnc(-n5cc(F)cn5)s4)CC3)nc21. The number of methoxy groups -OCH3 is 1. The number of H-pyrrole nitrogens is 1. The van der Waals surface area contributed by atoms with Gasteiger partial charge in [0.15, 0.2) is 17.3 Å². The van der Waals surface area contributed by atoms with Crippen LogP contribution in [-0.4, -0.2) is 63.3 Å². The Kier molecular flexibility index (Phi) is 7.45. The predicted octanol–water partition coefficient (Wildman–Crippen LogP) is 4.32. The highest BCUT2D eigenvalue weighted by atomic mass is 32.1. The van der Waals surface area contributed by atoms with Gasteiger partial charge in [0.05, 0.1) is 30.0 Å². The van der Waals surface area contributed by atoms with Crippen molar-refractivity contribution in [3.63, 3.8) is 0 Å². The highest BCUT2D eigenvalue weighted by Gasteiger charge is 2.43. The van der Waals surface area contributed by atoms with Crippen molar-refractivity contribution in [2.45, 2.75) is 70.6 Å². The van der Waals surface area contributed by atoms with E-state index in [1.165, 1.54) is 22.2 Å². The molecule has 1 fully saturated rings. The quantitative estimate of drug-likeness (QED) is 0.227. The largest absolute Gasteiger partial charge is 0.368 e. The number of aromatic nitrogens is 9. The second-order valence-corrected chi connectivity index (χ2v) is 11.5. The van der Waals surface area contributed by atoms with Gasteiger partial charge in [0.1, 0.15) is 17.2 Å². The third-order valence-electron chi connectivity index (χ3n) is 7.76. The minimum atomic E-state index is -0.966. The number of nitrogens with one attached hydrogen (secondary N) is 3. The Labute approximate surface area is 244 Å². The maximum atomic E-state index is 13.6. The Morgan fingerprint density at radius 1 is 1.26 bits per heavy atom. The van der Waals surface area contributed by atoms with Crippen molar-refractivity contribution in [2.24, 2.45) is 0 Å². The van der Waals surface area contributed by atoms with Gasteiger partial charge in [-0.25, -0.2) is 28.7 Å². The second-order valence-electron chi connectivity index (χ2n) is 10.5. The molecule has 42 heavy (non-hydrogen) atoms. The van der Waals surface area contributed by atoms with Crippen LogP contribution in [-0.2, 0) is 16.1 Å². The molecule has 0 saturated heterocycles. The fraction of sp³-hybridized carbons (Fsp3) is 0.444. The van der Waals surface area contributed by atoms with E-state index < -0.39 is 11.4 Å². The third kappa shape index (κ3) is 5.25. The topological polar surface area (TPSA) is 153 Å². The van der Waals surface area contributed by atoms with Crippen LogP contribution in [0.1, 0.15) is 67.9 Å². The van der Waals surface area contributed by atoms with Crippen molar-refractivity contribution in [2.75, 3.05) is 12.4 Å². The Morgan fingerprint density at radius 3 is 2.74 bits per heavy atom. The average Bonchev–Trinajstić information content (AvgIpc) is 3.80. The van der Waals surface area contributed by atoms with Crippen molar-refractivity contribution in [3.05, 3.63) is 53.1 Å². The van der Waals surface area contributed by atoms with E-state index in [-0.39, 0.29) is 17.9 Å². The van der Waals surface area contributed by atoms with Crippen molar-refractivity contribution in [1.82, 2.24) is 50.0 Å². The number of aryl methyl sites for hydroxylation is 2. The number of halogens is 1. The molecule has 1 amide bonds. The van der Waals surface area contributed by atoms with Crippen LogP contribution in [0.5, 0.6) is 0 Å². The summed E-state index contributed by atoms with van der Waals surface area (Å²) in [6.45, 7) is 6.53. The lowest BCUT2D eigenvalue weighted by atomic mass is 9.77. The minimum Gasteiger partial charge on any atom is -0.368 e. The third-order valence-corrected chi connectivity index (χ3v) is 8.93. The average molecular weight is 594 g/mol. The summed E-state index contributed by atoms with van der Waals surface area (Å²) in [5.41, 5.74) is 0.730. The Bertz CT molecular complexity index is 1720. The molecule has 1 saturated carbocycles. The molecule has 220 valence electrons. The number of anilines is 2. The summed E-state index contributed by atoms with van der Waals surface area (Å²) < 4.78 is 22.5. The van der Waals surface area contributed by atoms with Gasteiger partial charge in [-0.05, 0) is 46.5 Å². The van der Waals surface area contributed by atoms with Crippen LogP contribution < -0.4 is 10.6 Å². The maximum absolute atomic E-state index is 13.6. The highest BCUT2D eigenvalue weighted by molar-refractivity contribution is 7.14. The van der Waals surface area contributed by atoms with Gasteiger partial charge in [0.2, 0.25) is 5.13 Å². The molecule has 1 aliphatic rings. The molecule has 5 heterocycles. The first kappa shape index (κ1) is 27.9. The lowest BCUT2D eigenvalue weighted by Gasteiger charge is -2.38. The van der Waals surface area contributed by atoms with Gasteiger partial charge in [-0.1, -0.05) is 11.3 Å². The van der Waals surface area contributed by atoms with E-state index in [4.69, 9.17) is 14.7 Å². The molecule has 1 aliphatic carbocycles. The van der Waals surface area contributed by atoms with Crippen LogP contribution in [0.2, 0.25) is 0 Å².